The first kappa shape index (κ1) is 27.0. The molecule has 0 amide bonds. The van der Waals surface area contributed by atoms with Crippen LogP contribution in [0.15, 0.2) is 58.0 Å². The van der Waals surface area contributed by atoms with Gasteiger partial charge in [-0.2, -0.15) is 15.1 Å². The van der Waals surface area contributed by atoms with Gasteiger partial charge in [0, 0.05) is 50.2 Å². The highest BCUT2D eigenvalue weighted by atomic mass is 35.5. The molecule has 0 atom stereocenters. The van der Waals surface area contributed by atoms with Crippen LogP contribution in [0.5, 0.6) is 0 Å². The number of fused-ring (bicyclic) bond motifs is 3. The Balaban J connectivity index is 1.05. The van der Waals surface area contributed by atoms with Crippen molar-refractivity contribution in [3.8, 4) is 11.4 Å². The second kappa shape index (κ2) is 10.8. The van der Waals surface area contributed by atoms with Crippen LogP contribution in [0.2, 0.25) is 5.02 Å². The number of piperazine rings is 1. The van der Waals surface area contributed by atoms with Gasteiger partial charge in [0.2, 0.25) is 17.7 Å². The van der Waals surface area contributed by atoms with E-state index in [1.54, 1.807) is 42.1 Å². The van der Waals surface area contributed by atoms with Crippen molar-refractivity contribution < 1.29 is 8.91 Å². The quantitative estimate of drug-likeness (QED) is 0.289. The largest absolute Gasteiger partial charge is 0.369 e. The van der Waals surface area contributed by atoms with Gasteiger partial charge in [0.25, 0.3) is 0 Å². The maximum absolute atomic E-state index is 14.8. The number of nitrogens with zero attached hydrogens (tertiary/aromatic N) is 10. The Bertz CT molecular complexity index is 2020. The molecule has 4 aromatic heterocycles. The van der Waals surface area contributed by atoms with Crippen molar-refractivity contribution in [1.29, 1.82) is 0 Å². The fourth-order valence-electron chi connectivity index (χ4n) is 5.44. The highest BCUT2D eigenvalue weighted by Gasteiger charge is 2.22. The predicted molar refractivity (Wildman–Crippen MR) is 159 cm³/mol. The number of rotatable bonds is 7. The van der Waals surface area contributed by atoms with Gasteiger partial charge < -0.3 is 15.2 Å². The first-order valence-electron chi connectivity index (χ1n) is 13.8. The summed E-state index contributed by atoms with van der Waals surface area (Å²) in [5.41, 5.74) is 8.86. The zero-order valence-electron chi connectivity index (χ0n) is 23.2. The Morgan fingerprint density at radius 3 is 2.63 bits per heavy atom. The van der Waals surface area contributed by atoms with Crippen LogP contribution in [-0.4, -0.2) is 76.7 Å². The van der Waals surface area contributed by atoms with Crippen molar-refractivity contribution in [1.82, 2.24) is 44.0 Å². The lowest BCUT2D eigenvalue weighted by Crippen LogP contribution is -2.47. The van der Waals surface area contributed by atoms with Gasteiger partial charge in [-0.25, -0.2) is 22.9 Å². The van der Waals surface area contributed by atoms with Crippen molar-refractivity contribution in [3.63, 3.8) is 0 Å². The highest BCUT2D eigenvalue weighted by molar-refractivity contribution is 6.30. The van der Waals surface area contributed by atoms with Gasteiger partial charge in [0.15, 0.2) is 11.3 Å². The number of hydrogen-bond acceptors (Lipinski definition) is 10. The van der Waals surface area contributed by atoms with Gasteiger partial charge in [0.05, 0.1) is 30.4 Å². The fourth-order valence-corrected chi connectivity index (χ4v) is 5.65. The zero-order chi connectivity index (χ0) is 29.7. The molecule has 0 spiro atoms. The second-order valence-corrected chi connectivity index (χ2v) is 10.9. The molecule has 0 aliphatic carbocycles. The van der Waals surface area contributed by atoms with E-state index in [1.165, 1.54) is 15.1 Å². The van der Waals surface area contributed by atoms with Gasteiger partial charge in [-0.05, 0) is 35.9 Å². The molecule has 7 rings (SSSR count). The van der Waals surface area contributed by atoms with Crippen LogP contribution >= 0.6 is 11.6 Å². The van der Waals surface area contributed by atoms with Crippen molar-refractivity contribution in [3.05, 3.63) is 81.4 Å². The lowest BCUT2D eigenvalue weighted by atomic mass is 10.1. The molecule has 13 nitrogen and oxygen atoms in total. The van der Waals surface area contributed by atoms with E-state index in [4.69, 9.17) is 21.9 Å². The molecule has 1 aliphatic rings. The maximum atomic E-state index is 14.8. The monoisotopic (exact) mass is 603 g/mol. The van der Waals surface area contributed by atoms with Crippen molar-refractivity contribution in [2.75, 3.05) is 43.4 Å². The van der Waals surface area contributed by atoms with Crippen molar-refractivity contribution in [2.24, 2.45) is 0 Å². The molecule has 1 fully saturated rings. The number of nitrogen functional groups attached to an aromatic ring is 1. The first-order valence-corrected chi connectivity index (χ1v) is 14.1. The molecular formula is C28H27ClFN11O2. The molecule has 43 heavy (non-hydrogen) atoms. The summed E-state index contributed by atoms with van der Waals surface area (Å²) in [6.07, 6.45) is 1.66. The van der Waals surface area contributed by atoms with Gasteiger partial charge in [-0.1, -0.05) is 28.9 Å². The molecule has 1 aliphatic heterocycles. The molecule has 5 heterocycles. The standard InChI is InChI=1S/C28H27ClFN11O2/c1-17-33-24(36-43-17)19-5-6-22(30)23(14-19)38-10-7-37(8-11-38)9-12-39-25-21(15-32-39)26-35-40(28(42)41(26)27(31)34-25)16-18-3-2-4-20(29)13-18/h2-6,13-15H,7-12,16H2,1H3,(H2,31,34). The summed E-state index contributed by atoms with van der Waals surface area (Å²) in [7, 11) is 0. The van der Waals surface area contributed by atoms with Gasteiger partial charge in [-0.3, -0.25) is 4.90 Å². The Morgan fingerprint density at radius 1 is 1.02 bits per heavy atom. The molecule has 15 heteroatoms. The number of nitrogens with two attached hydrogens (primary N) is 1. The smallest absolute Gasteiger partial charge is 0.353 e. The van der Waals surface area contributed by atoms with E-state index in [9.17, 15) is 9.18 Å². The minimum atomic E-state index is -0.387. The summed E-state index contributed by atoms with van der Waals surface area (Å²) in [6.45, 7) is 6.03. The van der Waals surface area contributed by atoms with Crippen molar-refractivity contribution >= 4 is 39.9 Å². The van der Waals surface area contributed by atoms with Gasteiger partial charge >= 0.3 is 5.69 Å². The molecule has 220 valence electrons. The molecule has 2 N–H and O–H groups in total. The lowest BCUT2D eigenvalue weighted by molar-refractivity contribution is 0.245. The topological polar surface area (TPSA) is 141 Å². The van der Waals surface area contributed by atoms with E-state index in [-0.39, 0.29) is 24.0 Å². The number of anilines is 2. The predicted octanol–water partition coefficient (Wildman–Crippen LogP) is 2.84. The molecule has 6 aromatic rings. The summed E-state index contributed by atoms with van der Waals surface area (Å²) < 4.78 is 24.3. The van der Waals surface area contributed by atoms with Crippen LogP contribution in [0.1, 0.15) is 11.5 Å². The zero-order valence-corrected chi connectivity index (χ0v) is 23.9. The molecule has 0 saturated carbocycles. The minimum Gasteiger partial charge on any atom is -0.369 e. The highest BCUT2D eigenvalue weighted by Crippen LogP contribution is 2.27. The number of halogens is 2. The van der Waals surface area contributed by atoms with E-state index in [1.807, 2.05) is 17.0 Å². The van der Waals surface area contributed by atoms with Crippen LogP contribution in [0.25, 0.3) is 28.1 Å². The van der Waals surface area contributed by atoms with Crippen LogP contribution < -0.4 is 16.3 Å². The van der Waals surface area contributed by atoms with Crippen LogP contribution in [0.4, 0.5) is 16.0 Å². The maximum Gasteiger partial charge on any atom is 0.353 e. The third-order valence-electron chi connectivity index (χ3n) is 7.64. The average molecular weight is 604 g/mol. The van der Waals surface area contributed by atoms with Gasteiger partial charge in [-0.15, -0.1) is 5.10 Å². The molecule has 2 aromatic carbocycles. The van der Waals surface area contributed by atoms with E-state index in [0.29, 0.717) is 70.8 Å². The molecule has 0 radical (unpaired) electrons. The number of hydrogen-bond donors (Lipinski definition) is 1. The third-order valence-corrected chi connectivity index (χ3v) is 7.87. The first-order chi connectivity index (χ1) is 20.8. The van der Waals surface area contributed by atoms with Crippen LogP contribution in [0, 0.1) is 12.7 Å². The summed E-state index contributed by atoms with van der Waals surface area (Å²) in [6, 6.07) is 12.1. The van der Waals surface area contributed by atoms with Crippen LogP contribution in [-0.2, 0) is 13.1 Å². The number of aryl methyl sites for hydroxylation is 1. The Labute approximate surface area is 248 Å². The molecule has 1 saturated heterocycles. The minimum absolute atomic E-state index is 0.0421. The molecular weight excluding hydrogens is 577 g/mol. The van der Waals surface area contributed by atoms with E-state index in [0.717, 1.165) is 18.7 Å². The fraction of sp³-hybridized carbons (Fsp3) is 0.286. The average Bonchev–Trinajstić information content (AvgIpc) is 3.70. The van der Waals surface area contributed by atoms with Gasteiger partial charge in [0.1, 0.15) is 5.82 Å². The van der Waals surface area contributed by atoms with E-state index < -0.39 is 0 Å². The molecule has 0 unspecified atom stereocenters. The Hall–Kier alpha value is -4.82. The van der Waals surface area contributed by atoms with E-state index >= 15 is 0 Å². The summed E-state index contributed by atoms with van der Waals surface area (Å²) in [5.74, 6) is 0.650. The summed E-state index contributed by atoms with van der Waals surface area (Å²) in [4.78, 5) is 26.2. The Kier molecular flexibility index (Phi) is 6.78. The second-order valence-electron chi connectivity index (χ2n) is 10.4. The summed E-state index contributed by atoms with van der Waals surface area (Å²) in [5, 5.41) is 14.2. The number of benzene rings is 2. The van der Waals surface area contributed by atoms with Crippen molar-refractivity contribution in [2.45, 2.75) is 20.0 Å². The Morgan fingerprint density at radius 2 is 1.86 bits per heavy atom. The lowest BCUT2D eigenvalue weighted by Gasteiger charge is -2.36. The summed E-state index contributed by atoms with van der Waals surface area (Å²) >= 11 is 6.11. The molecule has 0 bridgehead atoms. The third kappa shape index (κ3) is 5.08. The SMILES string of the molecule is Cc1nc(-c2ccc(F)c(N3CCN(CCn4ncc5c4nc(N)n4c(=O)n(Cc6cccc(Cl)c6)nc54)CC3)c2)no1. The normalized spacial score (nSPS) is 14.3. The van der Waals surface area contributed by atoms with Crippen LogP contribution in [0.3, 0.4) is 0 Å². The van der Waals surface area contributed by atoms with E-state index in [2.05, 4.69) is 30.2 Å². The number of aromatic nitrogens is 8.